The van der Waals surface area contributed by atoms with Crippen molar-refractivity contribution < 1.29 is 0 Å². The summed E-state index contributed by atoms with van der Waals surface area (Å²) >= 11 is 0. The van der Waals surface area contributed by atoms with Crippen molar-refractivity contribution in [2.24, 2.45) is 0 Å². The molecule has 3 aliphatic carbocycles. The highest BCUT2D eigenvalue weighted by Crippen LogP contribution is 2.50. The molecule has 0 heterocycles. The maximum Gasteiger partial charge on any atom is 0.0192 e. The van der Waals surface area contributed by atoms with Gasteiger partial charge in [-0.25, -0.2) is 0 Å². The standard InChI is InChI=1S/C21H39N/c1-19(13-7-4-8-14-19)22(20(2)15-9-5-10-16-20)21(3)17-11-6-12-18-21/h4-18H2,1-3H3. The van der Waals surface area contributed by atoms with Crippen LogP contribution in [0.4, 0.5) is 0 Å². The molecule has 22 heavy (non-hydrogen) atoms. The van der Waals surface area contributed by atoms with Crippen LogP contribution in [0.15, 0.2) is 0 Å². The molecule has 3 rings (SSSR count). The molecule has 0 spiro atoms. The van der Waals surface area contributed by atoms with Gasteiger partial charge in [0.1, 0.15) is 0 Å². The molecule has 3 fully saturated rings. The zero-order chi connectivity index (χ0) is 15.7. The van der Waals surface area contributed by atoms with E-state index in [1.165, 1.54) is 96.3 Å². The van der Waals surface area contributed by atoms with Crippen LogP contribution in [0.5, 0.6) is 0 Å². The van der Waals surface area contributed by atoms with E-state index in [-0.39, 0.29) is 0 Å². The maximum atomic E-state index is 3.14. The number of hydrogen-bond donors (Lipinski definition) is 0. The second-order valence-electron chi connectivity index (χ2n) is 9.51. The van der Waals surface area contributed by atoms with E-state index in [0.29, 0.717) is 16.6 Å². The highest BCUT2D eigenvalue weighted by molar-refractivity contribution is 5.07. The molecule has 0 aromatic rings. The Hall–Kier alpha value is -0.0400. The second kappa shape index (κ2) is 6.46. The summed E-state index contributed by atoms with van der Waals surface area (Å²) in [5.74, 6) is 0. The van der Waals surface area contributed by atoms with Gasteiger partial charge in [0.25, 0.3) is 0 Å². The van der Waals surface area contributed by atoms with E-state index < -0.39 is 0 Å². The molecular formula is C21H39N. The Labute approximate surface area is 139 Å². The summed E-state index contributed by atoms with van der Waals surface area (Å²) in [4.78, 5) is 3.14. The topological polar surface area (TPSA) is 3.24 Å². The van der Waals surface area contributed by atoms with Crippen molar-refractivity contribution in [3.8, 4) is 0 Å². The second-order valence-corrected chi connectivity index (χ2v) is 9.51. The molecule has 0 aliphatic heterocycles. The average Bonchev–Trinajstić information content (AvgIpc) is 2.48. The van der Waals surface area contributed by atoms with Gasteiger partial charge in [-0.1, -0.05) is 57.8 Å². The third-order valence-electron chi connectivity index (χ3n) is 7.41. The zero-order valence-electron chi connectivity index (χ0n) is 15.6. The first kappa shape index (κ1) is 16.8. The van der Waals surface area contributed by atoms with E-state index in [9.17, 15) is 0 Å². The van der Waals surface area contributed by atoms with E-state index >= 15 is 0 Å². The van der Waals surface area contributed by atoms with Crippen LogP contribution in [0, 0.1) is 0 Å². The van der Waals surface area contributed by atoms with Crippen molar-refractivity contribution in [2.75, 3.05) is 0 Å². The van der Waals surface area contributed by atoms with Crippen LogP contribution in [0.2, 0.25) is 0 Å². The van der Waals surface area contributed by atoms with Crippen LogP contribution in [-0.2, 0) is 0 Å². The molecule has 1 heteroatoms. The summed E-state index contributed by atoms with van der Waals surface area (Å²) in [5, 5.41) is 0. The molecule has 3 aliphatic rings. The number of hydrogen-bond acceptors (Lipinski definition) is 1. The molecular weight excluding hydrogens is 266 g/mol. The van der Waals surface area contributed by atoms with Crippen LogP contribution in [0.3, 0.4) is 0 Å². The molecule has 0 radical (unpaired) electrons. The normalized spacial score (nSPS) is 31.1. The van der Waals surface area contributed by atoms with Gasteiger partial charge in [0.2, 0.25) is 0 Å². The monoisotopic (exact) mass is 305 g/mol. The first-order valence-corrected chi connectivity index (χ1v) is 10.3. The average molecular weight is 306 g/mol. The van der Waals surface area contributed by atoms with Crippen LogP contribution in [0.1, 0.15) is 117 Å². The minimum Gasteiger partial charge on any atom is -0.287 e. The highest BCUT2D eigenvalue weighted by Gasteiger charge is 2.51. The van der Waals surface area contributed by atoms with Crippen LogP contribution in [-0.4, -0.2) is 21.5 Å². The van der Waals surface area contributed by atoms with Gasteiger partial charge >= 0.3 is 0 Å². The van der Waals surface area contributed by atoms with Crippen molar-refractivity contribution in [3.63, 3.8) is 0 Å². The predicted octanol–water partition coefficient (Wildman–Crippen LogP) is 6.46. The van der Waals surface area contributed by atoms with Crippen LogP contribution >= 0.6 is 0 Å². The first-order chi connectivity index (χ1) is 10.5. The number of nitrogens with zero attached hydrogens (tertiary/aromatic N) is 1. The van der Waals surface area contributed by atoms with Gasteiger partial charge in [-0.05, 0) is 59.3 Å². The highest BCUT2D eigenvalue weighted by atomic mass is 15.3. The fourth-order valence-corrected chi connectivity index (χ4v) is 6.57. The third kappa shape index (κ3) is 3.12. The Bertz CT molecular complexity index is 297. The van der Waals surface area contributed by atoms with Gasteiger partial charge in [0.05, 0.1) is 0 Å². The Balaban J connectivity index is 1.93. The quantitative estimate of drug-likeness (QED) is 0.578. The van der Waals surface area contributed by atoms with E-state index in [2.05, 4.69) is 25.7 Å². The molecule has 3 saturated carbocycles. The van der Waals surface area contributed by atoms with Gasteiger partial charge in [-0.3, -0.25) is 4.90 Å². The Morgan fingerprint density at radius 1 is 0.409 bits per heavy atom. The summed E-state index contributed by atoms with van der Waals surface area (Å²) in [6.45, 7) is 7.89. The van der Waals surface area contributed by atoms with E-state index in [0.717, 1.165) is 0 Å². The summed E-state index contributed by atoms with van der Waals surface area (Å²) in [6.07, 6.45) is 21.8. The summed E-state index contributed by atoms with van der Waals surface area (Å²) in [7, 11) is 0. The SMILES string of the molecule is CC1(N(C2(C)CCCCC2)C2(C)CCCCC2)CCCCC1. The Morgan fingerprint density at radius 2 is 0.636 bits per heavy atom. The zero-order valence-corrected chi connectivity index (χ0v) is 15.6. The molecule has 128 valence electrons. The third-order valence-corrected chi connectivity index (χ3v) is 7.41. The molecule has 0 aromatic heterocycles. The molecule has 0 unspecified atom stereocenters. The van der Waals surface area contributed by atoms with E-state index in [4.69, 9.17) is 0 Å². The van der Waals surface area contributed by atoms with E-state index in [1.54, 1.807) is 0 Å². The first-order valence-electron chi connectivity index (χ1n) is 10.3. The Morgan fingerprint density at radius 3 is 0.864 bits per heavy atom. The number of rotatable bonds is 3. The van der Waals surface area contributed by atoms with Crippen molar-refractivity contribution in [1.82, 2.24) is 4.90 Å². The lowest BCUT2D eigenvalue weighted by Crippen LogP contribution is -2.68. The fraction of sp³-hybridized carbons (Fsp3) is 1.00. The maximum absolute atomic E-state index is 3.14. The molecule has 0 atom stereocenters. The van der Waals surface area contributed by atoms with Gasteiger partial charge in [0.15, 0.2) is 0 Å². The molecule has 0 aromatic carbocycles. The largest absolute Gasteiger partial charge is 0.287 e. The van der Waals surface area contributed by atoms with Gasteiger partial charge in [-0.15, -0.1) is 0 Å². The van der Waals surface area contributed by atoms with Crippen molar-refractivity contribution >= 4 is 0 Å². The molecule has 0 saturated heterocycles. The molecule has 0 amide bonds. The van der Waals surface area contributed by atoms with Crippen LogP contribution in [0.25, 0.3) is 0 Å². The van der Waals surface area contributed by atoms with Crippen LogP contribution < -0.4 is 0 Å². The minimum atomic E-state index is 0.469. The lowest BCUT2D eigenvalue weighted by molar-refractivity contribution is -0.126. The summed E-state index contributed by atoms with van der Waals surface area (Å²) in [5.41, 5.74) is 1.41. The lowest BCUT2D eigenvalue weighted by atomic mass is 9.68. The van der Waals surface area contributed by atoms with E-state index in [1.807, 2.05) is 0 Å². The summed E-state index contributed by atoms with van der Waals surface area (Å²) in [6, 6.07) is 0. The van der Waals surface area contributed by atoms with Crippen molar-refractivity contribution in [3.05, 3.63) is 0 Å². The smallest absolute Gasteiger partial charge is 0.0192 e. The Kier molecular flexibility index (Phi) is 4.93. The molecule has 1 nitrogen and oxygen atoms in total. The predicted molar refractivity (Wildman–Crippen MR) is 96.3 cm³/mol. The molecule has 0 bridgehead atoms. The van der Waals surface area contributed by atoms with Gasteiger partial charge in [0, 0.05) is 16.6 Å². The van der Waals surface area contributed by atoms with Crippen molar-refractivity contribution in [1.29, 1.82) is 0 Å². The minimum absolute atomic E-state index is 0.469. The van der Waals surface area contributed by atoms with Crippen molar-refractivity contribution in [2.45, 2.75) is 134 Å². The fourth-order valence-electron chi connectivity index (χ4n) is 6.57. The van der Waals surface area contributed by atoms with Gasteiger partial charge < -0.3 is 0 Å². The lowest BCUT2D eigenvalue weighted by Gasteiger charge is -2.63. The summed E-state index contributed by atoms with van der Waals surface area (Å²) < 4.78 is 0. The molecule has 0 N–H and O–H groups in total. The van der Waals surface area contributed by atoms with Gasteiger partial charge in [-0.2, -0.15) is 0 Å².